The van der Waals surface area contributed by atoms with Gasteiger partial charge in [0.25, 0.3) is 0 Å². The molecule has 20 heavy (non-hydrogen) atoms. The van der Waals surface area contributed by atoms with E-state index in [4.69, 9.17) is 0 Å². The van der Waals surface area contributed by atoms with Gasteiger partial charge < -0.3 is 10.6 Å². The largest absolute Gasteiger partial charge is 0.324 e. The van der Waals surface area contributed by atoms with Gasteiger partial charge in [0.15, 0.2) is 0 Å². The first-order valence-electron chi connectivity index (χ1n) is 6.72. The highest BCUT2D eigenvalue weighted by Gasteiger charge is 2.25. The lowest BCUT2D eigenvalue weighted by Gasteiger charge is -2.12. The molecular weight excluding hydrogens is 254 g/mol. The second-order valence-corrected chi connectivity index (χ2v) is 4.92. The standard InChI is InChI=1S/C14H17N5O/c1-15-8-11-9-19(18-17-11)13-7-6-10-4-2-3-5-12(10)16-14(13)20/h2-5,9,13,15H,6-8H2,1H3,(H,16,20). The second-order valence-electron chi connectivity index (χ2n) is 4.92. The van der Waals surface area contributed by atoms with E-state index in [-0.39, 0.29) is 11.9 Å². The maximum absolute atomic E-state index is 12.3. The van der Waals surface area contributed by atoms with Gasteiger partial charge in [0, 0.05) is 12.2 Å². The Morgan fingerprint density at radius 2 is 2.30 bits per heavy atom. The van der Waals surface area contributed by atoms with E-state index in [9.17, 15) is 4.79 Å². The molecule has 1 aromatic carbocycles. The van der Waals surface area contributed by atoms with Gasteiger partial charge in [0.05, 0.1) is 11.9 Å². The third kappa shape index (κ3) is 2.42. The van der Waals surface area contributed by atoms with E-state index in [0.29, 0.717) is 6.54 Å². The van der Waals surface area contributed by atoms with E-state index in [0.717, 1.165) is 24.2 Å². The van der Waals surface area contributed by atoms with Crippen molar-refractivity contribution >= 4 is 11.6 Å². The second kappa shape index (κ2) is 5.42. The summed E-state index contributed by atoms with van der Waals surface area (Å²) in [5.74, 6) is -0.0316. The summed E-state index contributed by atoms with van der Waals surface area (Å²) in [7, 11) is 1.86. The maximum atomic E-state index is 12.3. The fourth-order valence-corrected chi connectivity index (χ4v) is 2.48. The lowest BCUT2D eigenvalue weighted by atomic mass is 10.1. The van der Waals surface area contributed by atoms with Crippen molar-refractivity contribution in [2.45, 2.75) is 25.4 Å². The Hall–Kier alpha value is -2.21. The number of para-hydroxylation sites is 1. The van der Waals surface area contributed by atoms with Crippen LogP contribution in [0.2, 0.25) is 0 Å². The minimum absolute atomic E-state index is 0.0316. The van der Waals surface area contributed by atoms with Gasteiger partial charge in [-0.15, -0.1) is 5.10 Å². The number of nitrogens with zero attached hydrogens (tertiary/aromatic N) is 3. The van der Waals surface area contributed by atoms with Gasteiger partial charge in [0.2, 0.25) is 5.91 Å². The summed E-state index contributed by atoms with van der Waals surface area (Å²) >= 11 is 0. The Labute approximate surface area is 117 Å². The lowest BCUT2D eigenvalue weighted by Crippen LogP contribution is -2.25. The number of carbonyl (C=O) groups excluding carboxylic acids is 1. The fraction of sp³-hybridized carbons (Fsp3) is 0.357. The highest BCUT2D eigenvalue weighted by atomic mass is 16.2. The van der Waals surface area contributed by atoms with E-state index < -0.39 is 0 Å². The summed E-state index contributed by atoms with van der Waals surface area (Å²) in [6.07, 6.45) is 3.41. The third-order valence-corrected chi connectivity index (χ3v) is 3.50. The number of amides is 1. The van der Waals surface area contributed by atoms with Gasteiger partial charge >= 0.3 is 0 Å². The predicted octanol–water partition coefficient (Wildman–Crippen LogP) is 1.12. The molecule has 0 saturated carbocycles. The summed E-state index contributed by atoms with van der Waals surface area (Å²) < 4.78 is 1.66. The van der Waals surface area contributed by atoms with E-state index in [1.165, 1.54) is 5.56 Å². The van der Waals surface area contributed by atoms with Crippen LogP contribution in [0.15, 0.2) is 30.5 Å². The molecule has 0 bridgehead atoms. The van der Waals surface area contributed by atoms with Gasteiger partial charge in [-0.3, -0.25) is 4.79 Å². The molecule has 1 aliphatic heterocycles. The van der Waals surface area contributed by atoms with Gasteiger partial charge in [-0.05, 0) is 31.5 Å². The van der Waals surface area contributed by atoms with Crippen LogP contribution in [0.25, 0.3) is 0 Å². The summed E-state index contributed by atoms with van der Waals surface area (Å²) in [5, 5.41) is 14.1. The average Bonchev–Trinajstić information content (AvgIpc) is 2.82. The van der Waals surface area contributed by atoms with Gasteiger partial charge in [0.1, 0.15) is 6.04 Å². The molecule has 2 N–H and O–H groups in total. The van der Waals surface area contributed by atoms with Crippen molar-refractivity contribution in [3.8, 4) is 0 Å². The molecule has 2 aromatic rings. The predicted molar refractivity (Wildman–Crippen MR) is 75.2 cm³/mol. The van der Waals surface area contributed by atoms with Crippen LogP contribution >= 0.6 is 0 Å². The zero-order valence-corrected chi connectivity index (χ0v) is 11.3. The summed E-state index contributed by atoms with van der Waals surface area (Å²) in [5.41, 5.74) is 2.90. The summed E-state index contributed by atoms with van der Waals surface area (Å²) in [6.45, 7) is 0.647. The van der Waals surface area contributed by atoms with Crippen LogP contribution in [0.4, 0.5) is 5.69 Å². The molecule has 0 fully saturated rings. The smallest absolute Gasteiger partial charge is 0.249 e. The number of carbonyl (C=O) groups is 1. The number of nitrogens with one attached hydrogen (secondary N) is 2. The normalized spacial score (nSPS) is 18.2. The minimum atomic E-state index is -0.305. The third-order valence-electron chi connectivity index (χ3n) is 3.50. The molecule has 6 heteroatoms. The molecule has 6 nitrogen and oxygen atoms in total. The van der Waals surface area contributed by atoms with E-state index >= 15 is 0 Å². The number of benzene rings is 1. The van der Waals surface area contributed by atoms with Crippen molar-refractivity contribution in [2.75, 3.05) is 12.4 Å². The molecule has 1 unspecified atom stereocenters. The molecule has 0 radical (unpaired) electrons. The van der Waals surface area contributed by atoms with Crippen LogP contribution in [-0.4, -0.2) is 27.9 Å². The number of rotatable bonds is 3. The van der Waals surface area contributed by atoms with Crippen molar-refractivity contribution in [3.63, 3.8) is 0 Å². The van der Waals surface area contributed by atoms with Crippen molar-refractivity contribution in [1.82, 2.24) is 20.3 Å². The monoisotopic (exact) mass is 271 g/mol. The van der Waals surface area contributed by atoms with Crippen LogP contribution in [0.1, 0.15) is 23.7 Å². The Balaban J connectivity index is 1.83. The first-order valence-corrected chi connectivity index (χ1v) is 6.72. The molecule has 1 amide bonds. The van der Waals surface area contributed by atoms with E-state index in [1.54, 1.807) is 4.68 Å². The van der Waals surface area contributed by atoms with Crippen LogP contribution in [0, 0.1) is 0 Å². The van der Waals surface area contributed by atoms with Crippen molar-refractivity contribution in [1.29, 1.82) is 0 Å². The quantitative estimate of drug-likeness (QED) is 0.877. The Morgan fingerprint density at radius 1 is 1.45 bits per heavy atom. The number of aryl methyl sites for hydroxylation is 1. The molecule has 3 rings (SSSR count). The lowest BCUT2D eigenvalue weighted by molar-refractivity contribution is -0.119. The number of anilines is 1. The van der Waals surface area contributed by atoms with Crippen LogP contribution < -0.4 is 10.6 Å². The SMILES string of the molecule is CNCc1cn(C2CCc3ccccc3NC2=O)nn1. The molecule has 0 spiro atoms. The maximum Gasteiger partial charge on any atom is 0.249 e. The first-order chi connectivity index (χ1) is 9.78. The van der Waals surface area contributed by atoms with Gasteiger partial charge in [-0.1, -0.05) is 23.4 Å². The van der Waals surface area contributed by atoms with Gasteiger partial charge in [-0.2, -0.15) is 0 Å². The molecule has 1 atom stereocenters. The molecule has 1 aliphatic rings. The fourth-order valence-electron chi connectivity index (χ4n) is 2.48. The Morgan fingerprint density at radius 3 is 3.15 bits per heavy atom. The van der Waals surface area contributed by atoms with Crippen molar-refractivity contribution in [2.24, 2.45) is 0 Å². The molecule has 2 heterocycles. The zero-order valence-electron chi connectivity index (χ0n) is 11.3. The number of hydrogen-bond acceptors (Lipinski definition) is 4. The Kier molecular flexibility index (Phi) is 3.47. The topological polar surface area (TPSA) is 71.8 Å². The summed E-state index contributed by atoms with van der Waals surface area (Å²) in [6, 6.07) is 7.60. The summed E-state index contributed by atoms with van der Waals surface area (Å²) in [4.78, 5) is 12.3. The molecule has 1 aromatic heterocycles. The Bertz CT molecular complexity index is 622. The zero-order chi connectivity index (χ0) is 13.9. The number of fused-ring (bicyclic) bond motifs is 1. The minimum Gasteiger partial charge on any atom is -0.324 e. The van der Waals surface area contributed by atoms with E-state index in [2.05, 4.69) is 20.9 Å². The number of aromatic nitrogens is 3. The van der Waals surface area contributed by atoms with Crippen LogP contribution in [0.5, 0.6) is 0 Å². The van der Waals surface area contributed by atoms with Crippen LogP contribution in [-0.2, 0) is 17.8 Å². The molecule has 0 saturated heterocycles. The first kappa shape index (κ1) is 12.8. The number of hydrogen-bond donors (Lipinski definition) is 2. The highest BCUT2D eigenvalue weighted by molar-refractivity contribution is 5.95. The van der Waals surface area contributed by atoms with Crippen LogP contribution in [0.3, 0.4) is 0 Å². The van der Waals surface area contributed by atoms with Crippen molar-refractivity contribution in [3.05, 3.63) is 41.7 Å². The molecule has 104 valence electrons. The highest BCUT2D eigenvalue weighted by Crippen LogP contribution is 2.26. The molecule has 0 aliphatic carbocycles. The molecular formula is C14H17N5O. The van der Waals surface area contributed by atoms with E-state index in [1.807, 2.05) is 37.5 Å². The average molecular weight is 271 g/mol. The van der Waals surface area contributed by atoms with Crippen molar-refractivity contribution < 1.29 is 4.79 Å². The van der Waals surface area contributed by atoms with Gasteiger partial charge in [-0.25, -0.2) is 4.68 Å².